The second kappa shape index (κ2) is 8.00. The molecule has 0 amide bonds. The summed E-state index contributed by atoms with van der Waals surface area (Å²) >= 11 is 0. The molecule has 0 aliphatic heterocycles. The van der Waals surface area contributed by atoms with Gasteiger partial charge in [-0.2, -0.15) is 0 Å². The molecule has 1 aromatic carbocycles. The van der Waals surface area contributed by atoms with Crippen molar-refractivity contribution in [1.82, 2.24) is 14.5 Å². The van der Waals surface area contributed by atoms with Gasteiger partial charge >= 0.3 is 0 Å². The maximum Gasteiger partial charge on any atom is 0.274 e. The molecule has 0 saturated heterocycles. The number of rotatable bonds is 5. The van der Waals surface area contributed by atoms with Crippen molar-refractivity contribution in [1.29, 1.82) is 0 Å². The number of pyridine rings is 2. The topological polar surface area (TPSA) is 103 Å². The van der Waals surface area contributed by atoms with Gasteiger partial charge in [0.25, 0.3) is 5.56 Å². The van der Waals surface area contributed by atoms with Gasteiger partial charge in [-0.25, -0.2) is 4.98 Å². The summed E-state index contributed by atoms with van der Waals surface area (Å²) in [7, 11) is 1.67. The van der Waals surface area contributed by atoms with Crippen LogP contribution in [0.4, 0.5) is 5.69 Å². The smallest absolute Gasteiger partial charge is 0.274 e. The molecular formula is C25H26N4O3. The van der Waals surface area contributed by atoms with Gasteiger partial charge in [0, 0.05) is 36.2 Å². The summed E-state index contributed by atoms with van der Waals surface area (Å²) in [6.07, 6.45) is 3.60. The minimum atomic E-state index is -0.219. The largest absolute Gasteiger partial charge is 0.438 e. The standard InChI is InChI=1S/C25H26N4O3/c1-6-21(30)20-10-17-19(12-29(5)25(31)22(17)28-20)18-9-16(26)11-27-24(18)32-23-14(3)7-13(2)8-15(23)4/h7-12,28H,6,26H2,1-5H3. The number of aryl methyl sites for hydroxylation is 4. The van der Waals surface area contributed by atoms with Crippen LogP contribution in [0.3, 0.4) is 0 Å². The number of nitrogen functional groups attached to an aromatic ring is 1. The molecule has 0 unspecified atom stereocenters. The predicted molar refractivity (Wildman–Crippen MR) is 127 cm³/mol. The Morgan fingerprint density at radius 1 is 1.12 bits per heavy atom. The number of aromatic nitrogens is 3. The first kappa shape index (κ1) is 21.4. The number of carbonyl (C=O) groups excluding carboxylic acids is 1. The summed E-state index contributed by atoms with van der Waals surface area (Å²) in [5, 5.41) is 0.625. The molecule has 0 atom stereocenters. The fraction of sp³-hybridized carbons (Fsp3) is 0.240. The van der Waals surface area contributed by atoms with Crippen LogP contribution in [0.2, 0.25) is 0 Å². The summed E-state index contributed by atoms with van der Waals surface area (Å²) in [6.45, 7) is 7.81. The van der Waals surface area contributed by atoms with E-state index in [0.29, 0.717) is 45.7 Å². The quantitative estimate of drug-likeness (QED) is 0.442. The van der Waals surface area contributed by atoms with Crippen molar-refractivity contribution in [2.75, 3.05) is 5.73 Å². The van der Waals surface area contributed by atoms with Crippen molar-refractivity contribution < 1.29 is 9.53 Å². The van der Waals surface area contributed by atoms with Gasteiger partial charge in [-0.15, -0.1) is 0 Å². The molecule has 7 nitrogen and oxygen atoms in total. The van der Waals surface area contributed by atoms with Crippen LogP contribution >= 0.6 is 0 Å². The molecule has 0 bridgehead atoms. The zero-order chi connectivity index (χ0) is 23.2. The molecule has 7 heteroatoms. The molecule has 32 heavy (non-hydrogen) atoms. The van der Waals surface area contributed by atoms with E-state index in [4.69, 9.17) is 10.5 Å². The first-order valence-electron chi connectivity index (χ1n) is 10.5. The highest BCUT2D eigenvalue weighted by Gasteiger charge is 2.20. The van der Waals surface area contributed by atoms with Crippen LogP contribution in [-0.4, -0.2) is 20.3 Å². The molecule has 0 aliphatic rings. The average molecular weight is 431 g/mol. The highest BCUT2D eigenvalue weighted by Crippen LogP contribution is 2.38. The van der Waals surface area contributed by atoms with Gasteiger partial charge in [0.15, 0.2) is 5.78 Å². The molecule has 3 heterocycles. The minimum absolute atomic E-state index is 0.0673. The van der Waals surface area contributed by atoms with Crippen molar-refractivity contribution in [3.05, 3.63) is 69.4 Å². The summed E-state index contributed by atoms with van der Waals surface area (Å²) in [6, 6.07) is 7.60. The number of H-pyrrole nitrogens is 1. The third kappa shape index (κ3) is 3.66. The molecule has 3 aromatic heterocycles. The number of anilines is 1. The van der Waals surface area contributed by atoms with Gasteiger partial charge in [0.05, 0.1) is 17.6 Å². The van der Waals surface area contributed by atoms with E-state index in [-0.39, 0.29) is 11.3 Å². The van der Waals surface area contributed by atoms with Crippen LogP contribution in [0.5, 0.6) is 11.6 Å². The fourth-order valence-corrected chi connectivity index (χ4v) is 4.06. The van der Waals surface area contributed by atoms with Crippen molar-refractivity contribution >= 4 is 22.4 Å². The van der Waals surface area contributed by atoms with Crippen LogP contribution in [0.1, 0.15) is 40.5 Å². The zero-order valence-corrected chi connectivity index (χ0v) is 18.9. The molecule has 0 aliphatic carbocycles. The Labute approximate surface area is 185 Å². The Balaban J connectivity index is 1.96. The zero-order valence-electron chi connectivity index (χ0n) is 18.9. The monoisotopic (exact) mass is 430 g/mol. The van der Waals surface area contributed by atoms with Crippen LogP contribution in [0.15, 0.2) is 41.5 Å². The van der Waals surface area contributed by atoms with Gasteiger partial charge in [-0.05, 0) is 44.0 Å². The van der Waals surface area contributed by atoms with E-state index in [2.05, 4.69) is 22.1 Å². The summed E-state index contributed by atoms with van der Waals surface area (Å²) < 4.78 is 7.77. The number of fused-ring (bicyclic) bond motifs is 1. The molecule has 0 spiro atoms. The fourth-order valence-electron chi connectivity index (χ4n) is 4.06. The Hall–Kier alpha value is -3.87. The lowest BCUT2D eigenvalue weighted by Crippen LogP contribution is -2.16. The highest BCUT2D eigenvalue weighted by molar-refractivity contribution is 6.03. The number of benzene rings is 1. The second-order valence-electron chi connectivity index (χ2n) is 8.16. The van der Waals surface area contributed by atoms with Gasteiger partial charge in [-0.3, -0.25) is 9.59 Å². The van der Waals surface area contributed by atoms with Gasteiger partial charge < -0.3 is 20.0 Å². The van der Waals surface area contributed by atoms with Crippen molar-refractivity contribution in [3.63, 3.8) is 0 Å². The van der Waals surface area contributed by atoms with E-state index in [1.54, 1.807) is 38.5 Å². The predicted octanol–water partition coefficient (Wildman–Crippen LogP) is 4.82. The summed E-state index contributed by atoms with van der Waals surface area (Å²) in [5.41, 5.74) is 11.6. The Bertz CT molecular complexity index is 1410. The van der Waals surface area contributed by atoms with Gasteiger partial charge in [0.2, 0.25) is 5.88 Å². The van der Waals surface area contributed by atoms with E-state index >= 15 is 0 Å². The molecular weight excluding hydrogens is 404 g/mol. The summed E-state index contributed by atoms with van der Waals surface area (Å²) in [4.78, 5) is 32.5. The van der Waals surface area contributed by atoms with E-state index in [9.17, 15) is 9.59 Å². The highest BCUT2D eigenvalue weighted by atomic mass is 16.5. The summed E-state index contributed by atoms with van der Waals surface area (Å²) in [5.74, 6) is 1.03. The van der Waals surface area contributed by atoms with Crippen molar-refractivity contribution in [2.45, 2.75) is 34.1 Å². The first-order valence-corrected chi connectivity index (χ1v) is 10.5. The van der Waals surface area contributed by atoms with E-state index in [0.717, 1.165) is 22.4 Å². The van der Waals surface area contributed by atoms with Crippen LogP contribution in [0, 0.1) is 20.8 Å². The lowest BCUT2D eigenvalue weighted by molar-refractivity contribution is 0.0984. The maximum atomic E-state index is 12.7. The normalized spacial score (nSPS) is 11.2. The number of hydrogen-bond acceptors (Lipinski definition) is 5. The van der Waals surface area contributed by atoms with E-state index in [1.165, 1.54) is 4.57 Å². The van der Waals surface area contributed by atoms with Crippen LogP contribution in [-0.2, 0) is 7.05 Å². The van der Waals surface area contributed by atoms with Gasteiger partial charge in [0.1, 0.15) is 11.3 Å². The number of ketones is 1. The molecule has 0 saturated carbocycles. The average Bonchev–Trinajstić information content (AvgIpc) is 3.19. The number of nitrogens with two attached hydrogens (primary N) is 1. The number of ether oxygens (including phenoxy) is 1. The van der Waals surface area contributed by atoms with Crippen LogP contribution < -0.4 is 16.0 Å². The molecule has 164 valence electrons. The van der Waals surface area contributed by atoms with E-state index < -0.39 is 0 Å². The van der Waals surface area contributed by atoms with Crippen molar-refractivity contribution in [2.24, 2.45) is 7.05 Å². The Morgan fingerprint density at radius 3 is 2.47 bits per heavy atom. The van der Waals surface area contributed by atoms with Gasteiger partial charge in [-0.1, -0.05) is 24.6 Å². The number of nitrogens with zero attached hydrogens (tertiary/aromatic N) is 2. The molecule has 4 rings (SSSR count). The number of nitrogens with one attached hydrogen (secondary N) is 1. The molecule has 4 aromatic rings. The number of aromatic amines is 1. The number of hydrogen-bond donors (Lipinski definition) is 2. The SMILES string of the molecule is CCC(=O)c1cc2c(-c3cc(N)cnc3Oc3c(C)cc(C)cc3C)cn(C)c(=O)c2[nH]1. The van der Waals surface area contributed by atoms with E-state index in [1.807, 2.05) is 20.8 Å². The lowest BCUT2D eigenvalue weighted by atomic mass is 10.0. The molecule has 0 fully saturated rings. The lowest BCUT2D eigenvalue weighted by Gasteiger charge is -2.16. The Morgan fingerprint density at radius 2 is 1.81 bits per heavy atom. The number of Topliss-reactive ketones (excluding diaryl/α,β-unsaturated/α-hetero) is 1. The third-order valence-corrected chi connectivity index (χ3v) is 5.55. The van der Waals surface area contributed by atoms with Crippen molar-refractivity contribution in [3.8, 4) is 22.8 Å². The molecule has 0 radical (unpaired) electrons. The van der Waals surface area contributed by atoms with Crippen LogP contribution in [0.25, 0.3) is 22.0 Å². The molecule has 3 N–H and O–H groups in total. The maximum absolute atomic E-state index is 12.7. The third-order valence-electron chi connectivity index (χ3n) is 5.55. The Kier molecular flexibility index (Phi) is 5.34. The number of carbonyl (C=O) groups is 1. The second-order valence-corrected chi connectivity index (χ2v) is 8.16. The first-order chi connectivity index (χ1) is 15.2. The minimum Gasteiger partial charge on any atom is -0.438 e.